The zero-order valence-electron chi connectivity index (χ0n) is 39.4. The lowest BCUT2D eigenvalue weighted by molar-refractivity contribution is -0.141. The molecule has 4 atom stereocenters. The van der Waals surface area contributed by atoms with Crippen LogP contribution in [0.25, 0.3) is 11.1 Å². The smallest absolute Gasteiger partial charge is 0.251 e. The topological polar surface area (TPSA) is 198 Å². The maximum atomic E-state index is 14.7. The van der Waals surface area contributed by atoms with Gasteiger partial charge < -0.3 is 41.7 Å². The molecule has 0 aromatic heterocycles. The van der Waals surface area contributed by atoms with E-state index in [1.54, 1.807) is 72.3 Å². The number of likely N-dealkylation sites (tertiary alicyclic amines) is 1. The fourth-order valence-corrected chi connectivity index (χ4v) is 8.98. The quantitative estimate of drug-likeness (QED) is 0.0721. The SMILES string of the molecule is CN[C@@H](C)C(=O)N[C@H](C(=O)N1C[C@@H](NC(C)=O)C[C@H]1CN(CCc1ccccc1)C(=O)CNC(=O)c1ccc(-c2ccc(C(=O)NCC(=O)NCCc3ccccc3)cc2)cc1)C1CCCCC1. The van der Waals surface area contributed by atoms with Crippen LogP contribution in [0.4, 0.5) is 0 Å². The van der Waals surface area contributed by atoms with Crippen molar-refractivity contribution >= 4 is 41.4 Å². The lowest BCUT2D eigenvalue weighted by atomic mass is 9.83. The van der Waals surface area contributed by atoms with Gasteiger partial charge in [0, 0.05) is 50.3 Å². The number of carbonyl (C=O) groups is 7. The molecule has 0 bridgehead atoms. The Kier molecular flexibility index (Phi) is 18.8. The van der Waals surface area contributed by atoms with Gasteiger partial charge in [0.2, 0.25) is 29.5 Å². The lowest BCUT2D eigenvalue weighted by Gasteiger charge is -2.37. The van der Waals surface area contributed by atoms with Crippen LogP contribution in [0.15, 0.2) is 109 Å². The van der Waals surface area contributed by atoms with Crippen molar-refractivity contribution in [2.75, 3.05) is 46.3 Å². The highest BCUT2D eigenvalue weighted by Crippen LogP contribution is 2.30. The number of carbonyl (C=O) groups excluding carboxylic acids is 7. The number of hydrogen-bond donors (Lipinski definition) is 6. The van der Waals surface area contributed by atoms with E-state index in [-0.39, 0.29) is 73.6 Å². The van der Waals surface area contributed by atoms with E-state index in [4.69, 9.17) is 0 Å². The third-order valence-electron chi connectivity index (χ3n) is 12.9. The molecule has 4 aromatic rings. The molecule has 0 radical (unpaired) electrons. The average Bonchev–Trinajstić information content (AvgIpc) is 3.76. The fraction of sp³-hybridized carbons (Fsp3) is 0.415. The zero-order valence-corrected chi connectivity index (χ0v) is 39.4. The first kappa shape index (κ1) is 50.5. The van der Waals surface area contributed by atoms with Crippen molar-refractivity contribution in [3.8, 4) is 11.1 Å². The Morgan fingerprint density at radius 2 is 1.25 bits per heavy atom. The van der Waals surface area contributed by atoms with Crippen LogP contribution in [0.1, 0.15) is 84.2 Å². The molecule has 6 N–H and O–H groups in total. The van der Waals surface area contributed by atoms with E-state index in [1.807, 2.05) is 60.7 Å². The molecule has 4 aromatic carbocycles. The van der Waals surface area contributed by atoms with Gasteiger partial charge in [0.1, 0.15) is 6.04 Å². The summed E-state index contributed by atoms with van der Waals surface area (Å²) in [5, 5.41) is 17.3. The molecule has 7 amide bonds. The van der Waals surface area contributed by atoms with Crippen molar-refractivity contribution in [3.63, 3.8) is 0 Å². The third-order valence-corrected chi connectivity index (χ3v) is 12.9. The van der Waals surface area contributed by atoms with Crippen molar-refractivity contribution in [2.24, 2.45) is 5.92 Å². The van der Waals surface area contributed by atoms with E-state index in [2.05, 4.69) is 31.9 Å². The summed E-state index contributed by atoms with van der Waals surface area (Å²) in [6.45, 7) is 3.96. The Bertz CT molecular complexity index is 2320. The van der Waals surface area contributed by atoms with E-state index in [1.165, 1.54) is 6.92 Å². The van der Waals surface area contributed by atoms with Crippen LogP contribution in [-0.2, 0) is 36.8 Å². The molecule has 1 saturated heterocycles. The monoisotopic (exact) mass is 927 g/mol. The van der Waals surface area contributed by atoms with E-state index in [0.717, 1.165) is 54.4 Å². The Hall–Kier alpha value is -6.87. The number of benzene rings is 4. The molecule has 2 aliphatic rings. The minimum atomic E-state index is -0.746. The summed E-state index contributed by atoms with van der Waals surface area (Å²) in [5.74, 6) is -2.14. The molecule has 1 heterocycles. The van der Waals surface area contributed by atoms with Crippen molar-refractivity contribution in [1.82, 2.24) is 41.7 Å². The molecule has 1 saturated carbocycles. The van der Waals surface area contributed by atoms with Gasteiger partial charge in [-0.05, 0) is 98.5 Å². The van der Waals surface area contributed by atoms with Crippen LogP contribution < -0.4 is 31.9 Å². The molecule has 1 aliphatic carbocycles. The predicted molar refractivity (Wildman–Crippen MR) is 261 cm³/mol. The van der Waals surface area contributed by atoms with E-state index in [9.17, 15) is 33.6 Å². The molecule has 0 spiro atoms. The van der Waals surface area contributed by atoms with Crippen LogP contribution in [0, 0.1) is 5.92 Å². The van der Waals surface area contributed by atoms with E-state index in [0.29, 0.717) is 43.5 Å². The second-order valence-corrected chi connectivity index (χ2v) is 17.9. The summed E-state index contributed by atoms with van der Waals surface area (Å²) in [7, 11) is 1.70. The summed E-state index contributed by atoms with van der Waals surface area (Å²) in [6.07, 6.45) is 6.30. The molecule has 15 heteroatoms. The van der Waals surface area contributed by atoms with Crippen LogP contribution in [0.3, 0.4) is 0 Å². The zero-order chi connectivity index (χ0) is 48.4. The standard InChI is InChI=1S/C53H66N8O7/c1-36(54-3)50(65)59-49(42-17-11-6-12-18-42)53(68)61-34-45(58-37(2)62)31-46(61)35-60(30-28-39-15-9-5-10-16-39)48(64)33-57-52(67)44-25-21-41(22-26-44)40-19-23-43(24-20-40)51(66)56-32-47(63)55-29-27-38-13-7-4-8-14-38/h4-5,7-10,13-16,19-26,36,42,45-46,49,54H,6,11-12,17-18,27-35H2,1-3H3,(H,55,63)(H,56,66)(H,57,67)(H,58,62)(H,59,65)/t36-,45-,46-,49-/m0/s1. The highest BCUT2D eigenvalue weighted by atomic mass is 16.2. The summed E-state index contributed by atoms with van der Waals surface area (Å²) in [4.78, 5) is 96.3. The second-order valence-electron chi connectivity index (χ2n) is 17.9. The van der Waals surface area contributed by atoms with Crippen molar-refractivity contribution in [3.05, 3.63) is 131 Å². The Morgan fingerprint density at radius 3 is 1.81 bits per heavy atom. The first-order valence-corrected chi connectivity index (χ1v) is 23.8. The van der Waals surface area contributed by atoms with Crippen LogP contribution >= 0.6 is 0 Å². The fourth-order valence-electron chi connectivity index (χ4n) is 8.98. The first-order valence-electron chi connectivity index (χ1n) is 23.8. The summed E-state index contributed by atoms with van der Waals surface area (Å²) >= 11 is 0. The molecule has 6 rings (SSSR count). The highest BCUT2D eigenvalue weighted by molar-refractivity contribution is 5.98. The van der Waals surface area contributed by atoms with Gasteiger partial charge in [0.25, 0.3) is 11.8 Å². The summed E-state index contributed by atoms with van der Waals surface area (Å²) in [6, 6.07) is 31.4. The highest BCUT2D eigenvalue weighted by Gasteiger charge is 2.42. The van der Waals surface area contributed by atoms with E-state index >= 15 is 0 Å². The minimum absolute atomic E-state index is 0.0355. The van der Waals surface area contributed by atoms with E-state index < -0.39 is 24.0 Å². The number of likely N-dealkylation sites (N-methyl/N-ethyl adjacent to an activating group) is 1. The normalized spacial score (nSPS) is 16.7. The maximum absolute atomic E-state index is 14.7. The summed E-state index contributed by atoms with van der Waals surface area (Å²) < 4.78 is 0. The average molecular weight is 927 g/mol. The van der Waals surface area contributed by atoms with Gasteiger partial charge in [-0.3, -0.25) is 33.6 Å². The Balaban J connectivity index is 1.08. The predicted octanol–water partition coefficient (Wildman–Crippen LogP) is 4.02. The molecule has 0 unspecified atom stereocenters. The second kappa shape index (κ2) is 25.3. The molecular weight excluding hydrogens is 861 g/mol. The van der Waals surface area contributed by atoms with Gasteiger partial charge in [0.05, 0.1) is 25.2 Å². The van der Waals surface area contributed by atoms with Crippen LogP contribution in [0.2, 0.25) is 0 Å². The number of hydrogen-bond acceptors (Lipinski definition) is 8. The Morgan fingerprint density at radius 1 is 0.691 bits per heavy atom. The number of amides is 7. The number of rotatable bonds is 21. The number of nitrogens with one attached hydrogen (secondary N) is 6. The Labute approximate surface area is 399 Å². The van der Waals surface area contributed by atoms with Crippen molar-refractivity contribution in [1.29, 1.82) is 0 Å². The molecule has 1 aliphatic heterocycles. The molecule has 360 valence electrons. The number of nitrogens with zero attached hydrogens (tertiary/aromatic N) is 2. The summed E-state index contributed by atoms with van der Waals surface area (Å²) in [5.41, 5.74) is 4.51. The van der Waals surface area contributed by atoms with Gasteiger partial charge >= 0.3 is 0 Å². The largest absolute Gasteiger partial charge is 0.354 e. The molecule has 2 fully saturated rings. The van der Waals surface area contributed by atoms with Crippen molar-refractivity contribution < 1.29 is 33.6 Å². The molecule has 68 heavy (non-hydrogen) atoms. The minimum Gasteiger partial charge on any atom is -0.354 e. The first-order chi connectivity index (χ1) is 32.9. The lowest BCUT2D eigenvalue weighted by Crippen LogP contribution is -2.58. The molecule has 15 nitrogen and oxygen atoms in total. The maximum Gasteiger partial charge on any atom is 0.251 e. The van der Waals surface area contributed by atoms with Crippen molar-refractivity contribution in [2.45, 2.75) is 89.4 Å². The van der Waals surface area contributed by atoms with Crippen LogP contribution in [0.5, 0.6) is 0 Å². The van der Waals surface area contributed by atoms with Gasteiger partial charge in [-0.15, -0.1) is 0 Å². The molecular formula is C53H66N8O7. The van der Waals surface area contributed by atoms with Gasteiger partial charge in [-0.2, -0.15) is 0 Å². The van der Waals surface area contributed by atoms with Crippen LogP contribution in [-0.4, -0.2) is 122 Å². The third kappa shape index (κ3) is 14.8. The van der Waals surface area contributed by atoms with Gasteiger partial charge in [-0.1, -0.05) is 104 Å². The van der Waals surface area contributed by atoms with Gasteiger partial charge in [-0.25, -0.2) is 0 Å². The van der Waals surface area contributed by atoms with Gasteiger partial charge in [0.15, 0.2) is 0 Å².